The number of unbranched alkanes of at least 4 members (excludes halogenated alkanes) is 35. The maximum Gasteiger partial charge on any atom is 0.306 e. The highest BCUT2D eigenvalue weighted by atomic mass is 16.6. The maximum atomic E-state index is 12.8. The van der Waals surface area contributed by atoms with E-state index in [1.165, 1.54) is 193 Å². The first kappa shape index (κ1) is 57.4. The molecule has 6 nitrogen and oxygen atoms in total. The smallest absolute Gasteiger partial charge is 0.306 e. The molecule has 0 aromatic carbocycles. The second-order valence-corrected chi connectivity index (χ2v) is 18.6. The molecular weight excluding hydrogens is 733 g/mol. The Morgan fingerprint density at radius 3 is 0.831 bits per heavy atom. The van der Waals surface area contributed by atoms with E-state index in [4.69, 9.17) is 14.2 Å². The fourth-order valence-electron chi connectivity index (χ4n) is 8.04. The lowest BCUT2D eigenvalue weighted by Gasteiger charge is -2.18. The normalized spacial score (nSPS) is 11.9. The first-order valence-corrected chi connectivity index (χ1v) is 26.4. The molecule has 0 rings (SSSR count). The largest absolute Gasteiger partial charge is 0.462 e. The third-order valence-electron chi connectivity index (χ3n) is 12.0. The van der Waals surface area contributed by atoms with Crippen molar-refractivity contribution in [2.45, 2.75) is 303 Å². The maximum absolute atomic E-state index is 12.8. The highest BCUT2D eigenvalue weighted by molar-refractivity contribution is 5.71. The van der Waals surface area contributed by atoms with Gasteiger partial charge in [-0.2, -0.15) is 0 Å². The predicted molar refractivity (Wildman–Crippen MR) is 252 cm³/mol. The molecule has 0 aliphatic carbocycles. The number of carbonyl (C=O) groups excluding carboxylic acids is 3. The van der Waals surface area contributed by atoms with Crippen molar-refractivity contribution in [3.63, 3.8) is 0 Å². The Kier molecular flexibility index (Phi) is 46.2. The topological polar surface area (TPSA) is 78.9 Å². The second kappa shape index (κ2) is 47.5. The highest BCUT2D eigenvalue weighted by Gasteiger charge is 2.19. The van der Waals surface area contributed by atoms with Gasteiger partial charge in [0.15, 0.2) is 6.10 Å². The molecule has 0 saturated carbocycles. The first-order valence-electron chi connectivity index (χ1n) is 26.4. The molecule has 0 aromatic heterocycles. The van der Waals surface area contributed by atoms with Crippen molar-refractivity contribution in [3.8, 4) is 0 Å². The second-order valence-electron chi connectivity index (χ2n) is 18.6. The fourth-order valence-corrected chi connectivity index (χ4v) is 8.04. The van der Waals surface area contributed by atoms with Gasteiger partial charge in [-0.05, 0) is 25.2 Å². The quantitative estimate of drug-likeness (QED) is 0.0345. The van der Waals surface area contributed by atoms with E-state index in [1.807, 2.05) is 0 Å². The number of rotatable bonds is 48. The van der Waals surface area contributed by atoms with Gasteiger partial charge in [-0.25, -0.2) is 0 Å². The van der Waals surface area contributed by atoms with Gasteiger partial charge < -0.3 is 14.2 Å². The third-order valence-corrected chi connectivity index (χ3v) is 12.0. The first-order chi connectivity index (χ1) is 28.9. The molecule has 0 spiro atoms. The summed E-state index contributed by atoms with van der Waals surface area (Å²) in [6.45, 7) is 9.03. The zero-order chi connectivity index (χ0) is 43.1. The molecule has 6 heteroatoms. The average Bonchev–Trinajstić information content (AvgIpc) is 3.22. The van der Waals surface area contributed by atoms with Gasteiger partial charge in [0.25, 0.3) is 0 Å². The summed E-state index contributed by atoms with van der Waals surface area (Å²) in [5.74, 6) is 0.00751. The monoisotopic (exact) mass is 835 g/mol. The minimum atomic E-state index is -0.759. The van der Waals surface area contributed by atoms with E-state index in [9.17, 15) is 14.4 Å². The molecule has 59 heavy (non-hydrogen) atoms. The summed E-state index contributed by atoms with van der Waals surface area (Å²) in [5.41, 5.74) is 0. The van der Waals surface area contributed by atoms with E-state index in [0.717, 1.165) is 63.7 Å². The van der Waals surface area contributed by atoms with Gasteiger partial charge in [0.05, 0.1) is 0 Å². The predicted octanol–water partition coefficient (Wildman–Crippen LogP) is 17.1. The highest BCUT2D eigenvalue weighted by Crippen LogP contribution is 2.17. The fraction of sp³-hybridized carbons (Fsp3) is 0.943. The van der Waals surface area contributed by atoms with Crippen LogP contribution >= 0.6 is 0 Å². The summed E-state index contributed by atoms with van der Waals surface area (Å²) in [7, 11) is 0. The molecule has 0 fully saturated rings. The van der Waals surface area contributed by atoms with Gasteiger partial charge in [0.1, 0.15) is 13.2 Å². The molecule has 0 N–H and O–H groups in total. The number of ether oxygens (including phenoxy) is 3. The molecular formula is C53H102O6. The summed E-state index contributed by atoms with van der Waals surface area (Å²) in [6.07, 6.45) is 49.5. The zero-order valence-corrected chi connectivity index (χ0v) is 40.2. The Hall–Kier alpha value is -1.59. The molecule has 0 heterocycles. The van der Waals surface area contributed by atoms with Crippen LogP contribution in [0.2, 0.25) is 0 Å². The van der Waals surface area contributed by atoms with Crippen molar-refractivity contribution in [2.75, 3.05) is 13.2 Å². The van der Waals surface area contributed by atoms with Crippen molar-refractivity contribution in [1.82, 2.24) is 0 Å². The Bertz CT molecular complexity index is 887. The van der Waals surface area contributed by atoms with Gasteiger partial charge in [-0.1, -0.05) is 259 Å². The zero-order valence-electron chi connectivity index (χ0n) is 40.2. The van der Waals surface area contributed by atoms with Crippen LogP contribution in [-0.2, 0) is 28.6 Å². The Balaban J connectivity index is 4.21. The lowest BCUT2D eigenvalue weighted by atomic mass is 10.0. The van der Waals surface area contributed by atoms with E-state index < -0.39 is 6.10 Å². The average molecular weight is 835 g/mol. The number of hydrogen-bond donors (Lipinski definition) is 0. The summed E-state index contributed by atoms with van der Waals surface area (Å²) in [4.78, 5) is 37.9. The van der Waals surface area contributed by atoms with Crippen molar-refractivity contribution in [2.24, 2.45) is 5.92 Å². The molecule has 0 amide bonds. The Labute approximate surface area is 368 Å². The molecule has 0 saturated heterocycles. The molecule has 0 bridgehead atoms. The van der Waals surface area contributed by atoms with Gasteiger partial charge in [0, 0.05) is 19.3 Å². The van der Waals surface area contributed by atoms with Gasteiger partial charge >= 0.3 is 17.9 Å². The lowest BCUT2D eigenvalue weighted by Crippen LogP contribution is -2.30. The number of carbonyl (C=O) groups is 3. The van der Waals surface area contributed by atoms with Crippen LogP contribution in [0.25, 0.3) is 0 Å². The Morgan fingerprint density at radius 1 is 0.322 bits per heavy atom. The minimum Gasteiger partial charge on any atom is -0.462 e. The van der Waals surface area contributed by atoms with Gasteiger partial charge in [0.2, 0.25) is 0 Å². The van der Waals surface area contributed by atoms with E-state index in [1.54, 1.807) is 0 Å². The molecule has 0 unspecified atom stereocenters. The molecule has 0 radical (unpaired) electrons. The van der Waals surface area contributed by atoms with Crippen molar-refractivity contribution >= 4 is 17.9 Å². The molecule has 1 atom stereocenters. The van der Waals surface area contributed by atoms with E-state index >= 15 is 0 Å². The number of hydrogen-bond acceptors (Lipinski definition) is 6. The van der Waals surface area contributed by atoms with E-state index in [-0.39, 0.29) is 31.1 Å². The van der Waals surface area contributed by atoms with Crippen LogP contribution in [0.4, 0.5) is 0 Å². The molecule has 0 aliphatic rings. The van der Waals surface area contributed by atoms with Crippen molar-refractivity contribution in [1.29, 1.82) is 0 Å². The summed E-state index contributed by atoms with van der Waals surface area (Å²) < 4.78 is 16.8. The standard InChI is InChI=1S/C53H102O6/c1-5-7-9-11-13-15-16-21-26-30-34-38-42-46-53(56)59-50(47-57-51(54)44-40-36-32-27-14-12-10-8-6-2)48-58-52(55)45-41-37-33-29-25-23-20-18-17-19-22-24-28-31-35-39-43-49(3)4/h49-50H,5-48H2,1-4H3/t50-/m0/s1. The summed E-state index contributed by atoms with van der Waals surface area (Å²) in [6, 6.07) is 0. The molecule has 0 aliphatic heterocycles. The number of esters is 3. The summed E-state index contributed by atoms with van der Waals surface area (Å²) in [5, 5.41) is 0. The van der Waals surface area contributed by atoms with Crippen LogP contribution in [0, 0.1) is 5.92 Å². The van der Waals surface area contributed by atoms with Crippen LogP contribution in [-0.4, -0.2) is 37.2 Å². The van der Waals surface area contributed by atoms with E-state index in [2.05, 4.69) is 27.7 Å². The van der Waals surface area contributed by atoms with Crippen LogP contribution < -0.4 is 0 Å². The minimum absolute atomic E-state index is 0.0626. The van der Waals surface area contributed by atoms with Crippen LogP contribution in [0.3, 0.4) is 0 Å². The van der Waals surface area contributed by atoms with Crippen molar-refractivity contribution in [3.05, 3.63) is 0 Å². The Morgan fingerprint density at radius 2 is 0.559 bits per heavy atom. The summed E-state index contributed by atoms with van der Waals surface area (Å²) >= 11 is 0. The SMILES string of the molecule is CCCCCCCCCCCCCCCC(=O)O[C@@H](COC(=O)CCCCCCCCCCC)COC(=O)CCCCCCCCCCCCCCCCCCC(C)C. The third kappa shape index (κ3) is 47.3. The van der Waals surface area contributed by atoms with Gasteiger partial charge in [-0.15, -0.1) is 0 Å². The van der Waals surface area contributed by atoms with E-state index in [0.29, 0.717) is 19.3 Å². The molecule has 0 aromatic rings. The lowest BCUT2D eigenvalue weighted by molar-refractivity contribution is -0.167. The van der Waals surface area contributed by atoms with Crippen LogP contribution in [0.15, 0.2) is 0 Å². The van der Waals surface area contributed by atoms with Crippen LogP contribution in [0.1, 0.15) is 297 Å². The van der Waals surface area contributed by atoms with Gasteiger partial charge in [-0.3, -0.25) is 14.4 Å². The molecule has 350 valence electrons. The van der Waals surface area contributed by atoms with Crippen molar-refractivity contribution < 1.29 is 28.6 Å². The van der Waals surface area contributed by atoms with Crippen LogP contribution in [0.5, 0.6) is 0 Å².